The molecule has 1 aromatic rings. The molecule has 3 heteroatoms. The van der Waals surface area contributed by atoms with Crippen molar-refractivity contribution in [3.63, 3.8) is 0 Å². The molecule has 1 aromatic carbocycles. The minimum absolute atomic E-state index is 0.0719. The fourth-order valence-electron chi connectivity index (χ4n) is 1.18. The van der Waals surface area contributed by atoms with E-state index in [2.05, 4.69) is 22.6 Å². The number of carbonyl (C=O) groups is 1. The van der Waals surface area contributed by atoms with Gasteiger partial charge in [0.25, 0.3) is 0 Å². The summed E-state index contributed by atoms with van der Waals surface area (Å²) in [6.07, 6.45) is 0. The highest BCUT2D eigenvalue weighted by Gasteiger charge is 2.11. The van der Waals surface area contributed by atoms with Crippen molar-refractivity contribution < 1.29 is 9.53 Å². The van der Waals surface area contributed by atoms with Gasteiger partial charge in [-0.1, -0.05) is 6.07 Å². The van der Waals surface area contributed by atoms with Gasteiger partial charge in [-0.05, 0) is 48.1 Å². The molecule has 2 nitrogen and oxygen atoms in total. The summed E-state index contributed by atoms with van der Waals surface area (Å²) >= 11 is 2.14. The summed E-state index contributed by atoms with van der Waals surface area (Å²) in [4.78, 5) is 11.2. The first-order valence-electron chi connectivity index (χ1n) is 3.92. The zero-order chi connectivity index (χ0) is 10.0. The Labute approximate surface area is 91.4 Å². The van der Waals surface area contributed by atoms with E-state index in [1.54, 1.807) is 14.0 Å². The summed E-state index contributed by atoms with van der Waals surface area (Å²) in [5.74, 6) is 0.871. The summed E-state index contributed by atoms with van der Waals surface area (Å²) in [7, 11) is 1.62. The first-order chi connectivity index (χ1) is 6.07. The summed E-state index contributed by atoms with van der Waals surface area (Å²) in [5.41, 5.74) is 1.78. The third kappa shape index (κ3) is 2.02. The van der Waals surface area contributed by atoms with Crippen LogP contribution in [0.2, 0.25) is 0 Å². The fourth-order valence-corrected chi connectivity index (χ4v) is 2.38. The zero-order valence-electron chi connectivity index (χ0n) is 7.85. The van der Waals surface area contributed by atoms with Crippen molar-refractivity contribution in [2.24, 2.45) is 0 Å². The second-order valence-electron chi connectivity index (χ2n) is 2.83. The van der Waals surface area contributed by atoms with Gasteiger partial charge >= 0.3 is 0 Å². The highest BCUT2D eigenvalue weighted by Crippen LogP contribution is 2.28. The minimum atomic E-state index is 0.0719. The van der Waals surface area contributed by atoms with Gasteiger partial charge in [0.2, 0.25) is 0 Å². The Bertz CT molecular complexity index is 345. The average molecular weight is 290 g/mol. The number of carbonyl (C=O) groups excluding carboxylic acids is 1. The molecule has 0 aromatic heterocycles. The quantitative estimate of drug-likeness (QED) is 0.618. The lowest BCUT2D eigenvalue weighted by molar-refractivity contribution is 0.101. The summed E-state index contributed by atoms with van der Waals surface area (Å²) in [6, 6.07) is 3.74. The molecule has 0 spiro atoms. The van der Waals surface area contributed by atoms with E-state index in [-0.39, 0.29) is 5.78 Å². The Kier molecular flexibility index (Phi) is 3.30. The first kappa shape index (κ1) is 10.5. The van der Waals surface area contributed by atoms with E-state index >= 15 is 0 Å². The third-order valence-electron chi connectivity index (χ3n) is 1.88. The summed E-state index contributed by atoms with van der Waals surface area (Å²) < 4.78 is 6.10. The SMILES string of the molecule is COc1c(C)ccc(C(C)=O)c1I. The number of Topliss-reactive ketones (excluding diaryl/α,β-unsaturated/α-hetero) is 1. The zero-order valence-corrected chi connectivity index (χ0v) is 10.0. The van der Waals surface area contributed by atoms with E-state index in [9.17, 15) is 4.79 Å². The Morgan fingerprint density at radius 3 is 2.54 bits per heavy atom. The molecule has 0 aliphatic rings. The van der Waals surface area contributed by atoms with Crippen molar-refractivity contribution >= 4 is 28.4 Å². The van der Waals surface area contributed by atoms with Crippen molar-refractivity contribution in [3.05, 3.63) is 26.8 Å². The van der Waals surface area contributed by atoms with E-state index < -0.39 is 0 Å². The number of ketones is 1. The predicted octanol–water partition coefficient (Wildman–Crippen LogP) is 2.81. The van der Waals surface area contributed by atoms with Gasteiger partial charge in [0.1, 0.15) is 5.75 Å². The monoisotopic (exact) mass is 290 g/mol. The molecule has 0 aliphatic heterocycles. The molecule has 0 atom stereocenters. The maximum Gasteiger partial charge on any atom is 0.161 e. The van der Waals surface area contributed by atoms with Crippen molar-refractivity contribution in [1.82, 2.24) is 0 Å². The largest absolute Gasteiger partial charge is 0.495 e. The molecule has 0 saturated carbocycles. The normalized spacial score (nSPS) is 9.85. The molecule has 0 fully saturated rings. The first-order valence-corrected chi connectivity index (χ1v) is 4.99. The lowest BCUT2D eigenvalue weighted by Gasteiger charge is -2.09. The van der Waals surface area contributed by atoms with Crippen molar-refractivity contribution in [2.75, 3.05) is 7.11 Å². The fraction of sp³-hybridized carbons (Fsp3) is 0.300. The van der Waals surface area contributed by atoms with Crippen molar-refractivity contribution in [1.29, 1.82) is 0 Å². The molecule has 1 rings (SSSR count). The number of aryl methyl sites for hydroxylation is 1. The van der Waals surface area contributed by atoms with Gasteiger partial charge in [0, 0.05) is 5.56 Å². The van der Waals surface area contributed by atoms with Crippen LogP contribution in [0.25, 0.3) is 0 Å². The van der Waals surface area contributed by atoms with Crippen LogP contribution < -0.4 is 4.74 Å². The van der Waals surface area contributed by atoms with Crippen LogP contribution in [0.5, 0.6) is 5.75 Å². The lowest BCUT2D eigenvalue weighted by atomic mass is 10.1. The number of hydrogen-bond acceptors (Lipinski definition) is 2. The van der Waals surface area contributed by atoms with Crippen LogP contribution in [0.15, 0.2) is 12.1 Å². The van der Waals surface area contributed by atoms with E-state index in [0.717, 1.165) is 20.4 Å². The molecule has 0 N–H and O–H groups in total. The summed E-state index contributed by atoms with van der Waals surface area (Å²) in [5, 5.41) is 0. The maximum absolute atomic E-state index is 11.2. The van der Waals surface area contributed by atoms with Gasteiger partial charge < -0.3 is 4.74 Å². The topological polar surface area (TPSA) is 26.3 Å². The van der Waals surface area contributed by atoms with Crippen LogP contribution in [0.4, 0.5) is 0 Å². The summed E-state index contributed by atoms with van der Waals surface area (Å²) in [6.45, 7) is 3.52. The molecule has 0 aliphatic carbocycles. The van der Waals surface area contributed by atoms with Gasteiger partial charge in [0.15, 0.2) is 5.78 Å². The number of rotatable bonds is 2. The molecule has 0 saturated heterocycles. The lowest BCUT2D eigenvalue weighted by Crippen LogP contribution is -2.00. The van der Waals surface area contributed by atoms with Gasteiger partial charge in [-0.25, -0.2) is 0 Å². The van der Waals surface area contributed by atoms with Gasteiger partial charge in [-0.15, -0.1) is 0 Å². The third-order valence-corrected chi connectivity index (χ3v) is 2.95. The van der Waals surface area contributed by atoms with Crippen LogP contribution >= 0.6 is 22.6 Å². The maximum atomic E-state index is 11.2. The van der Waals surface area contributed by atoms with Crippen LogP contribution in [-0.4, -0.2) is 12.9 Å². The Balaban J connectivity index is 3.35. The number of halogens is 1. The van der Waals surface area contributed by atoms with Gasteiger partial charge in [-0.2, -0.15) is 0 Å². The molecule has 70 valence electrons. The van der Waals surface area contributed by atoms with E-state index in [1.807, 2.05) is 19.1 Å². The minimum Gasteiger partial charge on any atom is -0.495 e. The molecule has 0 heterocycles. The molecule has 0 amide bonds. The van der Waals surface area contributed by atoms with Gasteiger partial charge in [-0.3, -0.25) is 4.79 Å². The molecular weight excluding hydrogens is 279 g/mol. The smallest absolute Gasteiger partial charge is 0.161 e. The highest BCUT2D eigenvalue weighted by molar-refractivity contribution is 14.1. The van der Waals surface area contributed by atoms with Crippen molar-refractivity contribution in [3.8, 4) is 5.75 Å². The second kappa shape index (κ2) is 4.09. The Morgan fingerprint density at radius 2 is 2.08 bits per heavy atom. The molecular formula is C10H11IO2. The van der Waals surface area contributed by atoms with Crippen LogP contribution in [0.3, 0.4) is 0 Å². The number of hydrogen-bond donors (Lipinski definition) is 0. The van der Waals surface area contributed by atoms with Gasteiger partial charge in [0.05, 0.1) is 10.7 Å². The second-order valence-corrected chi connectivity index (χ2v) is 3.91. The van der Waals surface area contributed by atoms with E-state index in [4.69, 9.17) is 4.74 Å². The van der Waals surface area contributed by atoms with Crippen LogP contribution in [0.1, 0.15) is 22.8 Å². The Hall–Kier alpha value is -0.580. The number of methoxy groups -OCH3 is 1. The highest BCUT2D eigenvalue weighted by atomic mass is 127. The van der Waals surface area contributed by atoms with E-state index in [1.165, 1.54) is 0 Å². The molecule has 13 heavy (non-hydrogen) atoms. The predicted molar refractivity (Wildman–Crippen MR) is 60.5 cm³/mol. The molecule has 0 bridgehead atoms. The standard InChI is InChI=1S/C10H11IO2/c1-6-4-5-8(7(2)12)9(11)10(6)13-3/h4-5H,1-3H3. The number of ether oxygens (including phenoxy) is 1. The van der Waals surface area contributed by atoms with Crippen LogP contribution in [-0.2, 0) is 0 Å². The molecule has 0 unspecified atom stereocenters. The van der Waals surface area contributed by atoms with E-state index in [0.29, 0.717) is 0 Å². The van der Waals surface area contributed by atoms with Crippen LogP contribution in [0, 0.1) is 10.5 Å². The average Bonchev–Trinajstić information content (AvgIpc) is 2.04. The van der Waals surface area contributed by atoms with Crippen molar-refractivity contribution in [2.45, 2.75) is 13.8 Å². The Morgan fingerprint density at radius 1 is 1.46 bits per heavy atom. The molecule has 0 radical (unpaired) electrons. The number of benzene rings is 1.